The molecule has 0 aromatic heterocycles. The van der Waals surface area contributed by atoms with Crippen molar-refractivity contribution in [3.05, 3.63) is 65.7 Å². The zero-order valence-corrected chi connectivity index (χ0v) is 15.0. The Kier molecular flexibility index (Phi) is 6.92. The summed E-state index contributed by atoms with van der Waals surface area (Å²) in [7, 11) is 1.34. The van der Waals surface area contributed by atoms with Crippen molar-refractivity contribution in [3.63, 3.8) is 0 Å². The lowest BCUT2D eigenvalue weighted by Gasteiger charge is -2.24. The van der Waals surface area contributed by atoms with Gasteiger partial charge < -0.3 is 9.64 Å². The number of rotatable bonds is 7. The molecule has 0 radical (unpaired) electrons. The van der Waals surface area contributed by atoms with Gasteiger partial charge in [-0.25, -0.2) is 0 Å². The third kappa shape index (κ3) is 5.45. The molecule has 0 aliphatic rings. The predicted octanol–water partition coefficient (Wildman–Crippen LogP) is 3.68. The predicted molar refractivity (Wildman–Crippen MR) is 99.2 cm³/mol. The van der Waals surface area contributed by atoms with Crippen LogP contribution >= 0.6 is 0 Å². The molecule has 26 heavy (non-hydrogen) atoms. The lowest BCUT2D eigenvalue weighted by atomic mass is 10.0. The van der Waals surface area contributed by atoms with E-state index in [0.717, 1.165) is 11.3 Å². The number of carbonyl (C=O) groups is 2. The SMILES string of the molecule is COC(=O)C[C@H](C)CC(=O)N(Cc1ccccc1)c1ccc(C#N)cc1. The van der Waals surface area contributed by atoms with Gasteiger partial charge in [0.2, 0.25) is 5.91 Å². The van der Waals surface area contributed by atoms with Crippen LogP contribution in [0.3, 0.4) is 0 Å². The number of ether oxygens (including phenoxy) is 1. The van der Waals surface area contributed by atoms with E-state index < -0.39 is 0 Å². The molecule has 0 spiro atoms. The minimum absolute atomic E-state index is 0.0741. The van der Waals surface area contributed by atoms with Crippen LogP contribution < -0.4 is 4.90 Å². The molecule has 0 aliphatic carbocycles. The van der Waals surface area contributed by atoms with Crippen LogP contribution in [0.2, 0.25) is 0 Å². The Morgan fingerprint density at radius 2 is 1.73 bits per heavy atom. The maximum atomic E-state index is 12.9. The first-order valence-electron chi connectivity index (χ1n) is 8.44. The molecule has 1 atom stereocenters. The zero-order valence-electron chi connectivity index (χ0n) is 15.0. The van der Waals surface area contributed by atoms with Gasteiger partial charge in [0.25, 0.3) is 0 Å². The molecule has 2 aromatic carbocycles. The highest BCUT2D eigenvalue weighted by atomic mass is 16.5. The van der Waals surface area contributed by atoms with Crippen LogP contribution in [0.1, 0.15) is 30.9 Å². The lowest BCUT2D eigenvalue weighted by molar-refractivity contribution is -0.141. The van der Waals surface area contributed by atoms with Crippen LogP contribution in [-0.2, 0) is 20.9 Å². The molecule has 0 N–H and O–H groups in total. The van der Waals surface area contributed by atoms with Gasteiger partial charge in [-0.05, 0) is 35.7 Å². The first-order valence-corrected chi connectivity index (χ1v) is 8.44. The van der Waals surface area contributed by atoms with Crippen molar-refractivity contribution in [2.24, 2.45) is 5.92 Å². The van der Waals surface area contributed by atoms with Gasteiger partial charge in [0.15, 0.2) is 0 Å². The molecule has 1 amide bonds. The highest BCUT2D eigenvalue weighted by Crippen LogP contribution is 2.21. The van der Waals surface area contributed by atoms with Crippen LogP contribution in [0.25, 0.3) is 0 Å². The summed E-state index contributed by atoms with van der Waals surface area (Å²) in [5, 5.41) is 8.96. The van der Waals surface area contributed by atoms with Gasteiger partial charge in [0, 0.05) is 18.5 Å². The molecule has 0 saturated heterocycles. The van der Waals surface area contributed by atoms with Crippen molar-refractivity contribution in [2.45, 2.75) is 26.3 Å². The molecule has 134 valence electrons. The van der Waals surface area contributed by atoms with Crippen molar-refractivity contribution in [1.82, 2.24) is 0 Å². The molecule has 0 fully saturated rings. The molecule has 0 bridgehead atoms. The number of nitrogens with zero attached hydrogens (tertiary/aromatic N) is 2. The Morgan fingerprint density at radius 3 is 2.31 bits per heavy atom. The molecule has 0 unspecified atom stereocenters. The smallest absolute Gasteiger partial charge is 0.305 e. The highest BCUT2D eigenvalue weighted by Gasteiger charge is 2.20. The topological polar surface area (TPSA) is 70.4 Å². The summed E-state index contributed by atoms with van der Waals surface area (Å²) in [4.78, 5) is 26.0. The number of benzene rings is 2. The van der Waals surface area contributed by atoms with Crippen molar-refractivity contribution in [2.75, 3.05) is 12.0 Å². The minimum Gasteiger partial charge on any atom is -0.469 e. The van der Waals surface area contributed by atoms with E-state index in [2.05, 4.69) is 10.8 Å². The quantitative estimate of drug-likeness (QED) is 0.714. The number of anilines is 1. The molecular formula is C21H22N2O3. The second kappa shape index (κ2) is 9.38. The molecule has 2 aromatic rings. The number of methoxy groups -OCH3 is 1. The molecule has 5 nitrogen and oxygen atoms in total. The summed E-state index contributed by atoms with van der Waals surface area (Å²) < 4.78 is 4.67. The van der Waals surface area contributed by atoms with E-state index in [-0.39, 0.29) is 30.6 Å². The van der Waals surface area contributed by atoms with Gasteiger partial charge in [-0.3, -0.25) is 9.59 Å². The van der Waals surface area contributed by atoms with Gasteiger partial charge in [0.05, 0.1) is 25.3 Å². The van der Waals surface area contributed by atoms with Crippen LogP contribution in [-0.4, -0.2) is 19.0 Å². The Labute approximate surface area is 153 Å². The maximum absolute atomic E-state index is 12.9. The molecular weight excluding hydrogens is 328 g/mol. The molecule has 0 heterocycles. The van der Waals surface area contributed by atoms with E-state index >= 15 is 0 Å². The van der Waals surface area contributed by atoms with Gasteiger partial charge in [-0.1, -0.05) is 37.3 Å². The molecule has 2 rings (SSSR count). The van der Waals surface area contributed by atoms with Gasteiger partial charge in [-0.2, -0.15) is 5.26 Å². The largest absolute Gasteiger partial charge is 0.469 e. The molecule has 0 saturated carbocycles. The van der Waals surface area contributed by atoms with E-state index in [0.29, 0.717) is 12.1 Å². The third-order valence-electron chi connectivity index (χ3n) is 4.06. The average Bonchev–Trinajstić information content (AvgIpc) is 2.66. The fourth-order valence-electron chi connectivity index (χ4n) is 2.65. The normalized spacial score (nSPS) is 11.3. The van der Waals surface area contributed by atoms with Crippen LogP contribution in [0.4, 0.5) is 5.69 Å². The summed E-state index contributed by atoms with van der Waals surface area (Å²) in [5.41, 5.74) is 2.27. The number of nitriles is 1. The van der Waals surface area contributed by atoms with Crippen molar-refractivity contribution in [3.8, 4) is 6.07 Å². The van der Waals surface area contributed by atoms with Gasteiger partial charge in [-0.15, -0.1) is 0 Å². The maximum Gasteiger partial charge on any atom is 0.305 e. The van der Waals surface area contributed by atoms with Crippen LogP contribution in [0, 0.1) is 17.2 Å². The Hall–Kier alpha value is -3.13. The highest BCUT2D eigenvalue weighted by molar-refractivity contribution is 5.93. The summed E-state index contributed by atoms with van der Waals surface area (Å²) in [5.74, 6) is -0.514. The standard InChI is InChI=1S/C21H22N2O3/c1-16(13-21(25)26-2)12-20(24)23(15-18-6-4-3-5-7-18)19-10-8-17(14-22)9-11-19/h3-11,16H,12-13,15H2,1-2H3/t16-/m1/s1. The van der Waals surface area contributed by atoms with Crippen molar-refractivity contribution < 1.29 is 14.3 Å². The van der Waals surface area contributed by atoms with Crippen molar-refractivity contribution >= 4 is 17.6 Å². The van der Waals surface area contributed by atoms with Crippen molar-refractivity contribution in [1.29, 1.82) is 5.26 Å². The van der Waals surface area contributed by atoms with E-state index in [1.165, 1.54) is 7.11 Å². The first kappa shape index (κ1) is 19.2. The Bertz CT molecular complexity index is 779. The van der Waals surface area contributed by atoms with Crippen LogP contribution in [0.5, 0.6) is 0 Å². The second-order valence-electron chi connectivity index (χ2n) is 6.21. The third-order valence-corrected chi connectivity index (χ3v) is 4.06. The molecule has 0 aliphatic heterocycles. The van der Waals surface area contributed by atoms with E-state index in [9.17, 15) is 9.59 Å². The zero-order chi connectivity index (χ0) is 18.9. The summed E-state index contributed by atoms with van der Waals surface area (Å²) >= 11 is 0. The summed E-state index contributed by atoms with van der Waals surface area (Å²) in [6, 6.07) is 18.7. The van der Waals surface area contributed by atoms with Gasteiger partial charge >= 0.3 is 5.97 Å². The number of hydrogen-bond donors (Lipinski definition) is 0. The van der Waals surface area contributed by atoms with Crippen LogP contribution in [0.15, 0.2) is 54.6 Å². The second-order valence-corrected chi connectivity index (χ2v) is 6.21. The summed E-state index contributed by atoms with van der Waals surface area (Å²) in [6.45, 7) is 2.28. The van der Waals surface area contributed by atoms with Gasteiger partial charge in [0.1, 0.15) is 0 Å². The Morgan fingerprint density at radius 1 is 1.08 bits per heavy atom. The number of hydrogen-bond acceptors (Lipinski definition) is 4. The summed E-state index contributed by atoms with van der Waals surface area (Å²) in [6.07, 6.45) is 0.441. The number of amides is 1. The fraction of sp³-hybridized carbons (Fsp3) is 0.286. The number of esters is 1. The monoisotopic (exact) mass is 350 g/mol. The fourth-order valence-corrected chi connectivity index (χ4v) is 2.65. The first-order chi connectivity index (χ1) is 12.5. The van der Waals surface area contributed by atoms with E-state index in [4.69, 9.17) is 5.26 Å². The molecule has 5 heteroatoms. The minimum atomic E-state index is -0.321. The van der Waals surface area contributed by atoms with E-state index in [1.54, 1.807) is 29.2 Å². The lowest BCUT2D eigenvalue weighted by Crippen LogP contribution is -2.32. The Balaban J connectivity index is 2.20. The average molecular weight is 350 g/mol. The number of carbonyl (C=O) groups excluding carboxylic acids is 2. The van der Waals surface area contributed by atoms with E-state index in [1.807, 2.05) is 37.3 Å².